The van der Waals surface area contributed by atoms with Gasteiger partial charge in [-0.2, -0.15) is 0 Å². The molecule has 0 unspecified atom stereocenters. The van der Waals surface area contributed by atoms with E-state index in [4.69, 9.17) is 27.9 Å². The van der Waals surface area contributed by atoms with Gasteiger partial charge in [0.05, 0.1) is 29.3 Å². The van der Waals surface area contributed by atoms with Crippen LogP contribution in [0.5, 0.6) is 5.75 Å². The van der Waals surface area contributed by atoms with E-state index in [0.29, 0.717) is 21.4 Å². The van der Waals surface area contributed by atoms with E-state index in [1.165, 1.54) is 0 Å². The number of pyridine rings is 1. The minimum Gasteiger partial charge on any atom is -0.497 e. The summed E-state index contributed by atoms with van der Waals surface area (Å²) in [4.78, 5) is 17.0. The molecule has 0 aliphatic heterocycles. The van der Waals surface area contributed by atoms with Crippen LogP contribution in [0.15, 0.2) is 67.0 Å². The van der Waals surface area contributed by atoms with E-state index in [0.717, 1.165) is 22.6 Å². The fourth-order valence-electron chi connectivity index (χ4n) is 3.05. The average molecular weight is 426 g/mol. The van der Waals surface area contributed by atoms with Gasteiger partial charge in [0.2, 0.25) is 5.91 Å². The largest absolute Gasteiger partial charge is 0.497 e. The van der Waals surface area contributed by atoms with Crippen molar-refractivity contribution in [3.8, 4) is 17.0 Å². The van der Waals surface area contributed by atoms with E-state index in [1.54, 1.807) is 23.8 Å². The molecule has 1 N–H and O–H groups in total. The van der Waals surface area contributed by atoms with Gasteiger partial charge in [0.15, 0.2) is 5.65 Å². The fraction of sp³-hybridized carbons (Fsp3) is 0.0909. The van der Waals surface area contributed by atoms with Gasteiger partial charge in [0.1, 0.15) is 5.75 Å². The molecule has 0 fully saturated rings. The minimum atomic E-state index is -0.0999. The lowest BCUT2D eigenvalue weighted by molar-refractivity contribution is -0.115. The van der Waals surface area contributed by atoms with Crippen LogP contribution in [0.3, 0.4) is 0 Å². The molecule has 1 amide bonds. The Morgan fingerprint density at radius 2 is 1.90 bits per heavy atom. The van der Waals surface area contributed by atoms with Crippen molar-refractivity contribution in [2.24, 2.45) is 0 Å². The summed E-state index contributed by atoms with van der Waals surface area (Å²) < 4.78 is 6.92. The molecule has 4 rings (SSSR count). The molecule has 0 spiro atoms. The van der Waals surface area contributed by atoms with Crippen LogP contribution >= 0.6 is 23.2 Å². The molecule has 146 valence electrons. The number of amides is 1. The lowest BCUT2D eigenvalue weighted by atomic mass is 10.1. The summed E-state index contributed by atoms with van der Waals surface area (Å²) in [6.07, 6.45) is 3.88. The van der Waals surface area contributed by atoms with Crippen LogP contribution in [0.25, 0.3) is 16.9 Å². The van der Waals surface area contributed by atoms with Crippen molar-refractivity contribution >= 4 is 40.4 Å². The lowest BCUT2D eigenvalue weighted by Gasteiger charge is -2.07. The Morgan fingerprint density at radius 3 is 2.66 bits per heavy atom. The Morgan fingerprint density at radius 1 is 1.10 bits per heavy atom. The second kappa shape index (κ2) is 8.15. The number of carbonyl (C=O) groups is 1. The van der Waals surface area contributed by atoms with Gasteiger partial charge in [0.25, 0.3) is 0 Å². The van der Waals surface area contributed by atoms with Gasteiger partial charge in [-0.1, -0.05) is 47.5 Å². The third kappa shape index (κ3) is 4.36. The van der Waals surface area contributed by atoms with E-state index in [9.17, 15) is 4.79 Å². The van der Waals surface area contributed by atoms with Crippen molar-refractivity contribution in [2.45, 2.75) is 6.42 Å². The summed E-state index contributed by atoms with van der Waals surface area (Å²) in [5.41, 5.74) is 3.83. The number of ether oxygens (including phenoxy) is 1. The predicted molar refractivity (Wildman–Crippen MR) is 116 cm³/mol. The maximum absolute atomic E-state index is 12.4. The monoisotopic (exact) mass is 425 g/mol. The maximum atomic E-state index is 12.4. The minimum absolute atomic E-state index is 0.0999. The average Bonchev–Trinajstić information content (AvgIpc) is 3.13. The maximum Gasteiger partial charge on any atom is 0.228 e. The van der Waals surface area contributed by atoms with E-state index < -0.39 is 0 Å². The number of hydrogen-bond donors (Lipinski definition) is 1. The number of halogens is 2. The van der Waals surface area contributed by atoms with Crippen molar-refractivity contribution in [2.75, 3.05) is 12.4 Å². The molecule has 0 bridgehead atoms. The van der Waals surface area contributed by atoms with E-state index >= 15 is 0 Å². The summed E-state index contributed by atoms with van der Waals surface area (Å²) in [6, 6.07) is 16.6. The molecule has 2 aromatic heterocycles. The summed E-state index contributed by atoms with van der Waals surface area (Å²) in [5, 5.41) is 3.94. The van der Waals surface area contributed by atoms with Gasteiger partial charge in [0, 0.05) is 23.6 Å². The second-order valence-corrected chi connectivity index (χ2v) is 7.36. The van der Waals surface area contributed by atoms with E-state index in [1.807, 2.05) is 54.7 Å². The SMILES string of the molecule is COc1ccc(CC(=O)Nc2cccc(-c3cn4cc(Cl)cc(Cl)c4n3)c2)cc1. The summed E-state index contributed by atoms with van der Waals surface area (Å²) >= 11 is 12.3. The van der Waals surface area contributed by atoms with Crippen LogP contribution in [0.4, 0.5) is 5.69 Å². The first-order valence-corrected chi connectivity index (χ1v) is 9.64. The molecule has 0 saturated heterocycles. The molecule has 4 aromatic rings. The van der Waals surface area contributed by atoms with Crippen molar-refractivity contribution in [1.29, 1.82) is 0 Å². The highest BCUT2D eigenvalue weighted by molar-refractivity contribution is 6.36. The van der Waals surface area contributed by atoms with Gasteiger partial charge in [-0.15, -0.1) is 0 Å². The molecule has 0 radical (unpaired) electrons. The van der Waals surface area contributed by atoms with Gasteiger partial charge < -0.3 is 14.5 Å². The number of benzene rings is 2. The molecule has 2 aromatic carbocycles. The van der Waals surface area contributed by atoms with Crippen molar-refractivity contribution in [3.63, 3.8) is 0 Å². The van der Waals surface area contributed by atoms with Crippen LogP contribution < -0.4 is 10.1 Å². The number of carbonyl (C=O) groups excluding carboxylic acids is 1. The van der Waals surface area contributed by atoms with Crippen molar-refractivity contribution in [1.82, 2.24) is 9.38 Å². The summed E-state index contributed by atoms with van der Waals surface area (Å²) in [7, 11) is 1.61. The summed E-state index contributed by atoms with van der Waals surface area (Å²) in [6.45, 7) is 0. The molecule has 29 heavy (non-hydrogen) atoms. The normalized spacial score (nSPS) is 10.9. The predicted octanol–water partition coefficient (Wildman–Crippen LogP) is 5.50. The number of hydrogen-bond acceptors (Lipinski definition) is 3. The Labute approximate surface area is 177 Å². The number of imidazole rings is 1. The van der Waals surface area contributed by atoms with Gasteiger partial charge in [-0.3, -0.25) is 4.79 Å². The molecular weight excluding hydrogens is 409 g/mol. The number of methoxy groups -OCH3 is 1. The Kier molecular flexibility index (Phi) is 5.43. The van der Waals surface area contributed by atoms with Gasteiger partial charge >= 0.3 is 0 Å². The van der Waals surface area contributed by atoms with Crippen LogP contribution in [0, 0.1) is 0 Å². The molecule has 5 nitrogen and oxygen atoms in total. The highest BCUT2D eigenvalue weighted by Gasteiger charge is 2.10. The van der Waals surface area contributed by atoms with Gasteiger partial charge in [-0.05, 0) is 35.9 Å². The van der Waals surface area contributed by atoms with Crippen molar-refractivity contribution in [3.05, 3.63) is 82.6 Å². The van der Waals surface area contributed by atoms with Crippen LogP contribution in [-0.4, -0.2) is 22.4 Å². The number of rotatable bonds is 5. The molecular formula is C22H17Cl2N3O2. The second-order valence-electron chi connectivity index (χ2n) is 6.52. The number of fused-ring (bicyclic) bond motifs is 1. The molecule has 7 heteroatoms. The Balaban J connectivity index is 1.52. The lowest BCUT2D eigenvalue weighted by Crippen LogP contribution is -2.14. The first-order chi connectivity index (χ1) is 14.0. The molecule has 0 atom stereocenters. The number of aromatic nitrogens is 2. The van der Waals surface area contributed by atoms with Crippen LogP contribution in [0.2, 0.25) is 10.0 Å². The highest BCUT2D eigenvalue weighted by atomic mass is 35.5. The van der Waals surface area contributed by atoms with Gasteiger partial charge in [-0.25, -0.2) is 4.98 Å². The number of nitrogens with zero attached hydrogens (tertiary/aromatic N) is 2. The highest BCUT2D eigenvalue weighted by Crippen LogP contribution is 2.27. The number of nitrogens with one attached hydrogen (secondary N) is 1. The first-order valence-electron chi connectivity index (χ1n) is 8.89. The van der Waals surface area contributed by atoms with Crippen LogP contribution in [-0.2, 0) is 11.2 Å². The Hall–Kier alpha value is -3.02. The van der Waals surface area contributed by atoms with Crippen molar-refractivity contribution < 1.29 is 9.53 Å². The molecule has 0 aliphatic carbocycles. The standard InChI is InChI=1S/C22H17Cl2N3O2/c1-29-18-7-5-14(6-8-18)9-21(28)25-17-4-2-3-15(10-17)20-13-27-12-16(23)11-19(24)22(27)26-20/h2-8,10-13H,9H2,1H3,(H,25,28). The zero-order chi connectivity index (χ0) is 20.4. The Bertz CT molecular complexity index is 1190. The van der Waals surface area contributed by atoms with Crippen LogP contribution in [0.1, 0.15) is 5.56 Å². The third-order valence-corrected chi connectivity index (χ3v) is 4.92. The molecule has 0 saturated carbocycles. The quantitative estimate of drug-likeness (QED) is 0.459. The third-order valence-electron chi connectivity index (χ3n) is 4.44. The van der Waals surface area contributed by atoms with E-state index in [-0.39, 0.29) is 12.3 Å². The first kappa shape index (κ1) is 19.3. The zero-order valence-electron chi connectivity index (χ0n) is 15.5. The topological polar surface area (TPSA) is 55.6 Å². The summed E-state index contributed by atoms with van der Waals surface area (Å²) in [5.74, 6) is 0.660. The molecule has 0 aliphatic rings. The molecule has 2 heterocycles. The smallest absolute Gasteiger partial charge is 0.228 e. The zero-order valence-corrected chi connectivity index (χ0v) is 17.0. The fourth-order valence-corrected chi connectivity index (χ4v) is 3.58. The van der Waals surface area contributed by atoms with E-state index in [2.05, 4.69) is 10.3 Å². The number of anilines is 1.